The van der Waals surface area contributed by atoms with Crippen LogP contribution in [0.5, 0.6) is 11.5 Å². The molecule has 18 heavy (non-hydrogen) atoms. The smallest absolute Gasteiger partial charge is 0.267 e. The van der Waals surface area contributed by atoms with Crippen LogP contribution < -0.4 is 16.0 Å². The van der Waals surface area contributed by atoms with E-state index in [9.17, 15) is 9.28 Å². The summed E-state index contributed by atoms with van der Waals surface area (Å²) in [6.07, 6.45) is 1.41. The van der Waals surface area contributed by atoms with E-state index in [-0.39, 0.29) is 11.4 Å². The highest BCUT2D eigenvalue weighted by molar-refractivity contribution is 5.91. The van der Waals surface area contributed by atoms with E-state index in [1.54, 1.807) is 24.3 Å². The highest BCUT2D eigenvalue weighted by atomic mass is 19.2. The van der Waals surface area contributed by atoms with Crippen LogP contribution in [0.3, 0.4) is 0 Å². The number of halogens is 1. The molecule has 0 radical (unpaired) electrons. The highest BCUT2D eigenvalue weighted by Gasteiger charge is 2.05. The van der Waals surface area contributed by atoms with E-state index >= 15 is 0 Å². The number of carbonyl (C=O) groups is 1. The van der Waals surface area contributed by atoms with Gasteiger partial charge >= 0.3 is 0 Å². The maximum Gasteiger partial charge on any atom is 0.267 e. The van der Waals surface area contributed by atoms with E-state index < -0.39 is 5.91 Å². The first-order chi connectivity index (χ1) is 8.69. The van der Waals surface area contributed by atoms with E-state index in [1.165, 1.54) is 23.9 Å². The molecule has 1 amide bonds. The van der Waals surface area contributed by atoms with Crippen molar-refractivity contribution in [3.05, 3.63) is 48.3 Å². The quantitative estimate of drug-likeness (QED) is 0.812. The summed E-state index contributed by atoms with van der Waals surface area (Å²) in [5.74, 6) is 0.189. The molecule has 1 heterocycles. The molecule has 0 bridgehead atoms. The Morgan fingerprint density at radius 1 is 1.28 bits per heavy atom. The Morgan fingerprint density at radius 3 is 2.78 bits per heavy atom. The van der Waals surface area contributed by atoms with Crippen LogP contribution in [0.15, 0.2) is 42.6 Å². The molecule has 0 saturated heterocycles. The number of hydrogen-bond donors (Lipinski definition) is 2. The second kappa shape index (κ2) is 5.13. The molecule has 0 aliphatic carbocycles. The van der Waals surface area contributed by atoms with Crippen LogP contribution in [-0.2, 0) is 0 Å². The largest absolute Gasteiger partial charge is 0.457 e. The van der Waals surface area contributed by atoms with Gasteiger partial charge in [-0.1, -0.05) is 6.07 Å². The lowest BCUT2D eigenvalue weighted by Gasteiger charge is -2.07. The first-order valence-corrected chi connectivity index (χ1v) is 5.09. The zero-order chi connectivity index (χ0) is 13.0. The van der Waals surface area contributed by atoms with Gasteiger partial charge < -0.3 is 10.5 Å². The summed E-state index contributed by atoms with van der Waals surface area (Å²) < 4.78 is 17.7. The van der Waals surface area contributed by atoms with Crippen molar-refractivity contribution >= 4 is 11.6 Å². The van der Waals surface area contributed by atoms with Gasteiger partial charge in [0.15, 0.2) is 0 Å². The van der Waals surface area contributed by atoms with Gasteiger partial charge in [0.2, 0.25) is 0 Å². The lowest BCUT2D eigenvalue weighted by atomic mass is 10.3. The number of benzene rings is 1. The van der Waals surface area contributed by atoms with Gasteiger partial charge in [0.05, 0.1) is 5.69 Å². The Hall–Kier alpha value is -2.63. The minimum atomic E-state index is -0.639. The molecular weight excluding hydrogens is 237 g/mol. The van der Waals surface area contributed by atoms with Gasteiger partial charge in [0, 0.05) is 18.3 Å². The third-order valence-electron chi connectivity index (χ3n) is 2.16. The number of aromatic nitrogens is 1. The minimum Gasteiger partial charge on any atom is -0.457 e. The zero-order valence-corrected chi connectivity index (χ0v) is 9.26. The summed E-state index contributed by atoms with van der Waals surface area (Å²) in [6, 6.07) is 9.30. The first-order valence-electron chi connectivity index (χ1n) is 5.09. The highest BCUT2D eigenvalue weighted by Crippen LogP contribution is 2.24. The number of hydrogen-bond acceptors (Lipinski definition) is 4. The fraction of sp³-hybridized carbons (Fsp3) is 0. The summed E-state index contributed by atoms with van der Waals surface area (Å²) in [5, 5.41) is 0. The molecule has 2 rings (SSSR count). The summed E-state index contributed by atoms with van der Waals surface area (Å²) >= 11 is 0. The lowest BCUT2D eigenvalue weighted by Crippen LogP contribution is -2.12. The second-order valence-corrected chi connectivity index (χ2v) is 3.47. The van der Waals surface area contributed by atoms with Crippen LogP contribution in [0.25, 0.3) is 0 Å². The average Bonchev–Trinajstić information content (AvgIpc) is 2.39. The zero-order valence-electron chi connectivity index (χ0n) is 9.26. The molecule has 0 aliphatic heterocycles. The predicted octanol–water partition coefficient (Wildman–Crippen LogP) is 2.27. The van der Waals surface area contributed by atoms with Crippen LogP contribution in [-0.4, -0.2) is 10.9 Å². The SMILES string of the molecule is NC(=O)c1cc(Oc2cccc(NF)c2)ccn1. The summed E-state index contributed by atoms with van der Waals surface area (Å²) in [4.78, 5) is 14.7. The van der Waals surface area contributed by atoms with Crippen molar-refractivity contribution < 1.29 is 14.0 Å². The molecule has 1 aromatic heterocycles. The van der Waals surface area contributed by atoms with Crippen LogP contribution >= 0.6 is 0 Å². The van der Waals surface area contributed by atoms with Crippen LogP contribution in [0.1, 0.15) is 10.5 Å². The molecule has 5 nitrogen and oxygen atoms in total. The predicted molar refractivity (Wildman–Crippen MR) is 64.0 cm³/mol. The molecule has 0 spiro atoms. The summed E-state index contributed by atoms with van der Waals surface area (Å²) in [7, 11) is 0. The summed E-state index contributed by atoms with van der Waals surface area (Å²) in [5.41, 5.74) is 7.00. The molecular formula is C12H10FN3O2. The van der Waals surface area contributed by atoms with Crippen molar-refractivity contribution in [3.8, 4) is 11.5 Å². The molecule has 3 N–H and O–H groups in total. The van der Waals surface area contributed by atoms with Crippen molar-refractivity contribution in [2.75, 3.05) is 5.54 Å². The molecule has 0 saturated carbocycles. The number of nitrogens with one attached hydrogen (secondary N) is 1. The van der Waals surface area contributed by atoms with Crippen molar-refractivity contribution in [2.24, 2.45) is 5.73 Å². The fourth-order valence-electron chi connectivity index (χ4n) is 1.36. The monoisotopic (exact) mass is 247 g/mol. The molecule has 0 fully saturated rings. The second-order valence-electron chi connectivity index (χ2n) is 3.47. The Morgan fingerprint density at radius 2 is 2.06 bits per heavy atom. The Balaban J connectivity index is 2.22. The number of carbonyl (C=O) groups excluding carboxylic acids is 1. The van der Waals surface area contributed by atoms with Gasteiger partial charge in [-0.05, 0) is 18.2 Å². The van der Waals surface area contributed by atoms with Gasteiger partial charge in [-0.15, -0.1) is 4.48 Å². The van der Waals surface area contributed by atoms with E-state index in [0.717, 1.165) is 0 Å². The normalized spacial score (nSPS) is 9.83. The number of amides is 1. The standard InChI is InChI=1S/C12H10FN3O2/c13-16-8-2-1-3-9(6-8)18-10-4-5-15-11(7-10)12(14)17/h1-7,16H,(H2,14,17). The van der Waals surface area contributed by atoms with Gasteiger partial charge in [0.1, 0.15) is 17.2 Å². The number of nitrogens with zero attached hydrogens (tertiary/aromatic N) is 1. The molecule has 1 aromatic carbocycles. The third kappa shape index (κ3) is 2.73. The first kappa shape index (κ1) is 11.8. The minimum absolute atomic E-state index is 0.104. The van der Waals surface area contributed by atoms with Gasteiger partial charge in [0.25, 0.3) is 5.91 Å². The lowest BCUT2D eigenvalue weighted by molar-refractivity contribution is 0.0995. The van der Waals surface area contributed by atoms with Crippen molar-refractivity contribution in [1.82, 2.24) is 4.98 Å². The van der Waals surface area contributed by atoms with Crippen LogP contribution in [0, 0.1) is 0 Å². The van der Waals surface area contributed by atoms with Crippen molar-refractivity contribution in [3.63, 3.8) is 0 Å². The van der Waals surface area contributed by atoms with Gasteiger partial charge in [-0.3, -0.25) is 9.78 Å². The molecule has 0 atom stereocenters. The molecule has 0 aliphatic rings. The molecule has 2 aromatic rings. The van der Waals surface area contributed by atoms with Crippen molar-refractivity contribution in [2.45, 2.75) is 0 Å². The average molecular weight is 247 g/mol. The Labute approximate surface area is 102 Å². The van der Waals surface area contributed by atoms with Crippen LogP contribution in [0.2, 0.25) is 0 Å². The Kier molecular flexibility index (Phi) is 3.38. The van der Waals surface area contributed by atoms with E-state index in [1.807, 2.05) is 0 Å². The number of ether oxygens (including phenoxy) is 1. The third-order valence-corrected chi connectivity index (χ3v) is 2.16. The van der Waals surface area contributed by atoms with Crippen molar-refractivity contribution in [1.29, 1.82) is 0 Å². The van der Waals surface area contributed by atoms with Gasteiger partial charge in [-0.25, -0.2) is 5.54 Å². The van der Waals surface area contributed by atoms with Gasteiger partial charge in [-0.2, -0.15) is 0 Å². The fourth-order valence-corrected chi connectivity index (χ4v) is 1.36. The molecule has 6 heteroatoms. The molecule has 0 unspecified atom stereocenters. The summed E-state index contributed by atoms with van der Waals surface area (Å²) in [6.45, 7) is 0. The van der Waals surface area contributed by atoms with E-state index in [4.69, 9.17) is 10.5 Å². The number of pyridine rings is 1. The number of nitrogens with two attached hydrogens (primary N) is 1. The maximum atomic E-state index is 12.2. The maximum absolute atomic E-state index is 12.2. The molecule has 92 valence electrons. The number of rotatable bonds is 4. The van der Waals surface area contributed by atoms with Crippen LogP contribution in [0.4, 0.5) is 10.2 Å². The number of anilines is 1. The van der Waals surface area contributed by atoms with E-state index in [2.05, 4.69) is 4.98 Å². The van der Waals surface area contributed by atoms with E-state index in [0.29, 0.717) is 11.5 Å². The number of primary amides is 1. The Bertz CT molecular complexity index is 575. The topological polar surface area (TPSA) is 77.2 Å².